The van der Waals surface area contributed by atoms with Crippen LogP contribution < -0.4 is 14.7 Å². The van der Waals surface area contributed by atoms with E-state index in [1.165, 1.54) is 23.5 Å². The van der Waals surface area contributed by atoms with Gasteiger partial charge in [-0.3, -0.25) is 4.79 Å². The average Bonchev–Trinajstić information content (AvgIpc) is 3.03. The number of amides is 1. The molecule has 0 spiro atoms. The quantitative estimate of drug-likeness (QED) is 0.543. The van der Waals surface area contributed by atoms with E-state index in [-0.39, 0.29) is 11.5 Å². The molecule has 3 aromatic rings. The monoisotopic (exact) mass is 435 g/mol. The lowest BCUT2D eigenvalue weighted by atomic mass is 10.3. The summed E-state index contributed by atoms with van der Waals surface area (Å²) in [7, 11) is -3.83. The molecule has 0 unspecified atom stereocenters. The van der Waals surface area contributed by atoms with Crippen molar-refractivity contribution < 1.29 is 22.7 Å². The first-order valence-corrected chi connectivity index (χ1v) is 11.2. The molecule has 0 aliphatic heterocycles. The lowest BCUT2D eigenvalue weighted by Gasteiger charge is -2.06. The van der Waals surface area contributed by atoms with Crippen LogP contribution in [0.3, 0.4) is 0 Å². The van der Waals surface area contributed by atoms with Gasteiger partial charge in [0.2, 0.25) is 10.0 Å². The number of sulfonamides is 1. The van der Waals surface area contributed by atoms with E-state index in [4.69, 9.17) is 14.6 Å². The highest BCUT2D eigenvalue weighted by Gasteiger charge is 2.13. The summed E-state index contributed by atoms with van der Waals surface area (Å²) in [5.41, 5.74) is 0.748. The van der Waals surface area contributed by atoms with Gasteiger partial charge in [0.05, 0.1) is 21.7 Å². The van der Waals surface area contributed by atoms with E-state index in [1.54, 1.807) is 18.2 Å². The number of primary sulfonamides is 1. The predicted octanol–water partition coefficient (Wildman–Crippen LogP) is 1.89. The zero-order valence-corrected chi connectivity index (χ0v) is 17.4. The normalized spacial score (nSPS) is 12.4. The van der Waals surface area contributed by atoms with Crippen LogP contribution in [-0.4, -0.2) is 38.7 Å². The van der Waals surface area contributed by atoms with Crippen LogP contribution in [0.1, 0.15) is 6.92 Å². The van der Waals surface area contributed by atoms with Gasteiger partial charge in [-0.15, -0.1) is 0 Å². The second kappa shape index (κ2) is 9.31. The maximum Gasteiger partial charge on any atom is 0.286 e. The first-order chi connectivity index (χ1) is 13.9. The standard InChI is InChI=1S/C19H21N3O5S2/c1-2-26-11-10-22-16-9-8-15(29(20,24)25)12-17(16)28-19(22)21-18(23)13-27-14-6-4-3-5-7-14/h3-9,12H,2,10-11,13H2,1H3,(H2,20,24,25). The summed E-state index contributed by atoms with van der Waals surface area (Å²) < 4.78 is 36.6. The molecule has 1 heterocycles. The first kappa shape index (κ1) is 21.2. The molecule has 8 nitrogen and oxygen atoms in total. The highest BCUT2D eigenvalue weighted by molar-refractivity contribution is 7.89. The molecule has 0 aliphatic rings. The third-order valence-corrected chi connectivity index (χ3v) is 5.92. The number of nitrogens with zero attached hydrogens (tertiary/aromatic N) is 2. The Kier molecular flexibility index (Phi) is 6.80. The second-order valence-electron chi connectivity index (χ2n) is 6.02. The molecular weight excluding hydrogens is 414 g/mol. The van der Waals surface area contributed by atoms with E-state index in [0.717, 1.165) is 5.52 Å². The van der Waals surface area contributed by atoms with Crippen molar-refractivity contribution in [3.63, 3.8) is 0 Å². The number of benzene rings is 2. The third-order valence-electron chi connectivity index (χ3n) is 3.97. The van der Waals surface area contributed by atoms with E-state index in [9.17, 15) is 13.2 Å². The van der Waals surface area contributed by atoms with Crippen molar-refractivity contribution in [2.24, 2.45) is 10.1 Å². The van der Waals surface area contributed by atoms with E-state index in [2.05, 4.69) is 4.99 Å². The summed E-state index contributed by atoms with van der Waals surface area (Å²) in [4.78, 5) is 16.9. The van der Waals surface area contributed by atoms with Crippen LogP contribution in [0.2, 0.25) is 0 Å². The lowest BCUT2D eigenvalue weighted by molar-refractivity contribution is -0.120. The zero-order valence-electron chi connectivity index (χ0n) is 15.8. The van der Waals surface area contributed by atoms with Crippen molar-refractivity contribution in [3.8, 4) is 5.75 Å². The Morgan fingerprint density at radius 1 is 1.21 bits per heavy atom. The topological polar surface area (TPSA) is 113 Å². The molecule has 0 saturated heterocycles. The van der Waals surface area contributed by atoms with Crippen molar-refractivity contribution in [1.82, 2.24) is 4.57 Å². The third kappa shape index (κ3) is 5.51. The minimum absolute atomic E-state index is 0.00787. The maximum absolute atomic E-state index is 12.3. The van der Waals surface area contributed by atoms with E-state index < -0.39 is 15.9 Å². The number of carbonyl (C=O) groups excluding carboxylic acids is 1. The number of aromatic nitrogens is 1. The molecule has 0 aliphatic carbocycles. The molecule has 0 atom stereocenters. The number of nitrogens with two attached hydrogens (primary N) is 1. The molecule has 2 N–H and O–H groups in total. The van der Waals surface area contributed by atoms with E-state index in [1.807, 2.05) is 29.7 Å². The Balaban J connectivity index is 1.93. The van der Waals surface area contributed by atoms with Gasteiger partial charge in [-0.2, -0.15) is 4.99 Å². The Morgan fingerprint density at radius 3 is 2.66 bits per heavy atom. The van der Waals surface area contributed by atoms with Gasteiger partial charge < -0.3 is 14.0 Å². The van der Waals surface area contributed by atoms with Crippen molar-refractivity contribution in [1.29, 1.82) is 0 Å². The van der Waals surface area contributed by atoms with Gasteiger partial charge in [0, 0.05) is 13.2 Å². The Morgan fingerprint density at radius 2 is 1.97 bits per heavy atom. The summed E-state index contributed by atoms with van der Waals surface area (Å²) in [6.45, 7) is 3.15. The molecule has 0 saturated carbocycles. The van der Waals surface area contributed by atoms with Crippen molar-refractivity contribution in [2.75, 3.05) is 19.8 Å². The summed E-state index contributed by atoms with van der Waals surface area (Å²) in [5, 5.41) is 5.22. The van der Waals surface area contributed by atoms with Gasteiger partial charge in [0.1, 0.15) is 5.75 Å². The molecule has 0 bridgehead atoms. The molecular formula is C19H21N3O5S2. The zero-order chi connectivity index (χ0) is 20.9. The van der Waals surface area contributed by atoms with Crippen LogP contribution in [0.15, 0.2) is 58.4 Å². The molecule has 2 aromatic carbocycles. The highest BCUT2D eigenvalue weighted by Crippen LogP contribution is 2.21. The minimum Gasteiger partial charge on any atom is -0.484 e. The SMILES string of the molecule is CCOCCn1c(=NC(=O)COc2ccccc2)sc2cc(S(N)(=O)=O)ccc21. The molecule has 29 heavy (non-hydrogen) atoms. The van der Waals surface area contributed by atoms with Crippen molar-refractivity contribution >= 4 is 37.5 Å². The van der Waals surface area contributed by atoms with Gasteiger partial charge in [-0.25, -0.2) is 13.6 Å². The Hall–Kier alpha value is -2.53. The molecule has 10 heteroatoms. The fourth-order valence-corrected chi connectivity index (χ4v) is 4.36. The molecule has 1 amide bonds. The van der Waals surface area contributed by atoms with Gasteiger partial charge in [-0.1, -0.05) is 29.5 Å². The van der Waals surface area contributed by atoms with E-state index in [0.29, 0.717) is 35.0 Å². The van der Waals surface area contributed by atoms with Crippen LogP contribution in [0.4, 0.5) is 0 Å². The summed E-state index contributed by atoms with van der Waals surface area (Å²) >= 11 is 1.21. The number of fused-ring (bicyclic) bond motifs is 1. The predicted molar refractivity (Wildman–Crippen MR) is 110 cm³/mol. The van der Waals surface area contributed by atoms with Gasteiger partial charge in [-0.05, 0) is 37.3 Å². The summed E-state index contributed by atoms with van der Waals surface area (Å²) in [6.07, 6.45) is 0. The number of ether oxygens (including phenoxy) is 2. The number of rotatable bonds is 8. The van der Waals surface area contributed by atoms with Gasteiger partial charge >= 0.3 is 0 Å². The molecule has 154 valence electrons. The van der Waals surface area contributed by atoms with Crippen LogP contribution in [0.5, 0.6) is 5.75 Å². The van der Waals surface area contributed by atoms with E-state index >= 15 is 0 Å². The highest BCUT2D eigenvalue weighted by atomic mass is 32.2. The smallest absolute Gasteiger partial charge is 0.286 e. The van der Waals surface area contributed by atoms with Crippen LogP contribution in [-0.2, 0) is 26.1 Å². The number of para-hydroxylation sites is 1. The van der Waals surface area contributed by atoms with Crippen LogP contribution >= 0.6 is 11.3 Å². The Bertz CT molecular complexity index is 1170. The molecule has 0 fully saturated rings. The largest absolute Gasteiger partial charge is 0.484 e. The molecule has 3 rings (SSSR count). The van der Waals surface area contributed by atoms with Crippen molar-refractivity contribution in [3.05, 3.63) is 53.3 Å². The lowest BCUT2D eigenvalue weighted by Crippen LogP contribution is -2.21. The first-order valence-electron chi connectivity index (χ1n) is 8.88. The number of carbonyl (C=O) groups is 1. The van der Waals surface area contributed by atoms with Gasteiger partial charge in [0.25, 0.3) is 5.91 Å². The Labute approximate surface area is 172 Å². The fourth-order valence-electron chi connectivity index (χ4n) is 2.63. The fraction of sp³-hybridized carbons (Fsp3) is 0.263. The average molecular weight is 436 g/mol. The number of thiazole rings is 1. The van der Waals surface area contributed by atoms with Crippen LogP contribution in [0.25, 0.3) is 10.2 Å². The summed E-state index contributed by atoms with van der Waals surface area (Å²) in [6, 6.07) is 13.6. The molecule has 1 aromatic heterocycles. The number of hydrogen-bond donors (Lipinski definition) is 1. The molecule has 0 radical (unpaired) electrons. The minimum atomic E-state index is -3.83. The van der Waals surface area contributed by atoms with Crippen molar-refractivity contribution in [2.45, 2.75) is 18.4 Å². The summed E-state index contributed by atoms with van der Waals surface area (Å²) in [5.74, 6) is 0.131. The second-order valence-corrected chi connectivity index (χ2v) is 8.59. The van der Waals surface area contributed by atoms with Gasteiger partial charge in [0.15, 0.2) is 11.4 Å². The number of hydrogen-bond acceptors (Lipinski definition) is 6. The maximum atomic E-state index is 12.3. The van der Waals surface area contributed by atoms with Crippen LogP contribution in [0, 0.1) is 0 Å².